The minimum Gasteiger partial charge on any atom is -0.508 e. The van der Waals surface area contributed by atoms with E-state index in [1.54, 1.807) is 16.8 Å². The van der Waals surface area contributed by atoms with Crippen LogP contribution in [0.2, 0.25) is 0 Å². The van der Waals surface area contributed by atoms with E-state index in [0.29, 0.717) is 46.9 Å². The summed E-state index contributed by atoms with van der Waals surface area (Å²) in [6, 6.07) is 20.9. The quantitative estimate of drug-likeness (QED) is 0.191. The molecule has 0 saturated carbocycles. The third-order valence-electron chi connectivity index (χ3n) is 6.16. The minimum absolute atomic E-state index is 0.0346. The first kappa shape index (κ1) is 24.1. The molecule has 0 atom stereocenters. The van der Waals surface area contributed by atoms with E-state index < -0.39 is 11.6 Å². The van der Waals surface area contributed by atoms with E-state index in [-0.39, 0.29) is 17.9 Å². The zero-order valence-corrected chi connectivity index (χ0v) is 20.6. The Morgan fingerprint density at radius 3 is 2.67 bits per heavy atom. The standard InChI is InChI=1S/C30H22N2O7/c33-23-8-9-24-21(15-29(35)39-26(24)16-23)18-38-28(34)11-7-20-17-32(22-4-2-1-3-5-22)31-30(20)19-6-10-25-27(14-19)37-13-12-36-25/h1-11,14-17,33H,12-13,18H2/b11-7+. The van der Waals surface area contributed by atoms with Crippen LogP contribution in [0.15, 0.2) is 94.3 Å². The van der Waals surface area contributed by atoms with Gasteiger partial charge in [-0.2, -0.15) is 5.10 Å². The fourth-order valence-electron chi connectivity index (χ4n) is 4.33. The molecule has 1 N–H and O–H groups in total. The van der Waals surface area contributed by atoms with Gasteiger partial charge in [0.1, 0.15) is 36.8 Å². The molecule has 2 aromatic heterocycles. The Hall–Kier alpha value is -5.31. The van der Waals surface area contributed by atoms with Crippen LogP contribution >= 0.6 is 0 Å². The van der Waals surface area contributed by atoms with E-state index in [9.17, 15) is 14.7 Å². The van der Waals surface area contributed by atoms with E-state index in [0.717, 1.165) is 11.3 Å². The average molecular weight is 523 g/mol. The molecule has 194 valence electrons. The molecule has 0 bridgehead atoms. The summed E-state index contributed by atoms with van der Waals surface area (Å²) in [4.78, 5) is 24.6. The van der Waals surface area contributed by atoms with Crippen molar-refractivity contribution in [1.82, 2.24) is 9.78 Å². The number of esters is 1. The Kier molecular flexibility index (Phi) is 6.30. The van der Waals surface area contributed by atoms with Crippen molar-refractivity contribution in [2.75, 3.05) is 13.2 Å². The van der Waals surface area contributed by atoms with Crippen molar-refractivity contribution in [3.63, 3.8) is 0 Å². The van der Waals surface area contributed by atoms with E-state index in [2.05, 4.69) is 0 Å². The van der Waals surface area contributed by atoms with Gasteiger partial charge in [-0.25, -0.2) is 14.3 Å². The van der Waals surface area contributed by atoms with E-state index in [1.807, 2.05) is 54.7 Å². The summed E-state index contributed by atoms with van der Waals surface area (Å²) >= 11 is 0. The summed E-state index contributed by atoms with van der Waals surface area (Å²) < 4.78 is 23.7. The summed E-state index contributed by atoms with van der Waals surface area (Å²) in [5.74, 6) is 0.671. The van der Waals surface area contributed by atoms with Crippen molar-refractivity contribution in [3.8, 4) is 34.2 Å². The zero-order valence-electron chi connectivity index (χ0n) is 20.6. The molecule has 0 radical (unpaired) electrons. The van der Waals surface area contributed by atoms with E-state index >= 15 is 0 Å². The van der Waals surface area contributed by atoms with Crippen LogP contribution < -0.4 is 15.1 Å². The number of phenolic OH excluding ortho intramolecular Hbond substituents is 1. The van der Waals surface area contributed by atoms with Crippen molar-refractivity contribution >= 4 is 23.0 Å². The molecule has 39 heavy (non-hydrogen) atoms. The number of nitrogens with zero attached hydrogens (tertiary/aromatic N) is 2. The van der Waals surface area contributed by atoms with Gasteiger partial charge in [-0.15, -0.1) is 0 Å². The Labute approximate surface area is 222 Å². The molecular formula is C30H22N2O7. The number of ether oxygens (including phenoxy) is 3. The van der Waals surface area contributed by atoms with Crippen molar-refractivity contribution in [1.29, 1.82) is 0 Å². The molecule has 6 rings (SSSR count). The second-order valence-corrected chi connectivity index (χ2v) is 8.78. The van der Waals surface area contributed by atoms with Gasteiger partial charge in [0.25, 0.3) is 0 Å². The molecule has 9 heteroatoms. The Balaban J connectivity index is 1.27. The highest BCUT2D eigenvalue weighted by atomic mass is 16.6. The third-order valence-corrected chi connectivity index (χ3v) is 6.16. The van der Waals surface area contributed by atoms with Gasteiger partial charge in [0, 0.05) is 46.5 Å². The minimum atomic E-state index is -0.605. The lowest BCUT2D eigenvalue weighted by Crippen LogP contribution is -2.15. The Morgan fingerprint density at radius 2 is 1.82 bits per heavy atom. The van der Waals surface area contributed by atoms with Crippen LogP contribution in [0.1, 0.15) is 11.1 Å². The van der Waals surface area contributed by atoms with Crippen LogP contribution in [-0.2, 0) is 16.1 Å². The molecular weight excluding hydrogens is 500 g/mol. The molecule has 3 aromatic carbocycles. The number of aromatic nitrogens is 2. The maximum Gasteiger partial charge on any atom is 0.336 e. The van der Waals surface area contributed by atoms with E-state index in [1.165, 1.54) is 24.3 Å². The molecule has 5 aromatic rings. The number of fused-ring (bicyclic) bond motifs is 2. The molecule has 0 amide bonds. The second-order valence-electron chi connectivity index (χ2n) is 8.78. The van der Waals surface area contributed by atoms with Crippen molar-refractivity contribution in [3.05, 3.63) is 107 Å². The van der Waals surface area contributed by atoms with Gasteiger partial charge >= 0.3 is 11.6 Å². The molecule has 0 aliphatic carbocycles. The number of hydrogen-bond donors (Lipinski definition) is 1. The van der Waals surface area contributed by atoms with Crippen LogP contribution in [-0.4, -0.2) is 34.1 Å². The number of phenols is 1. The first-order valence-electron chi connectivity index (χ1n) is 12.2. The molecule has 9 nitrogen and oxygen atoms in total. The average Bonchev–Trinajstić information content (AvgIpc) is 3.39. The van der Waals surface area contributed by atoms with Gasteiger partial charge in [-0.1, -0.05) is 18.2 Å². The number of rotatable bonds is 6. The van der Waals surface area contributed by atoms with Crippen molar-refractivity contribution < 1.29 is 28.5 Å². The fraction of sp³-hybridized carbons (Fsp3) is 0.100. The summed E-state index contributed by atoms with van der Waals surface area (Å²) in [6.45, 7) is 0.818. The van der Waals surface area contributed by atoms with Crippen LogP contribution in [0, 0.1) is 0 Å². The van der Waals surface area contributed by atoms with Gasteiger partial charge in [0.2, 0.25) is 0 Å². The Bertz CT molecular complexity index is 1770. The maximum atomic E-state index is 12.7. The van der Waals surface area contributed by atoms with Crippen LogP contribution in [0.25, 0.3) is 34.0 Å². The highest BCUT2D eigenvalue weighted by molar-refractivity contribution is 5.89. The predicted molar refractivity (Wildman–Crippen MR) is 143 cm³/mol. The number of para-hydroxylation sites is 1. The van der Waals surface area contributed by atoms with E-state index in [4.69, 9.17) is 23.7 Å². The van der Waals surface area contributed by atoms with Gasteiger partial charge < -0.3 is 23.7 Å². The maximum absolute atomic E-state index is 12.7. The predicted octanol–water partition coefficient (Wildman–Crippen LogP) is 4.88. The van der Waals surface area contributed by atoms with Crippen LogP contribution in [0.3, 0.4) is 0 Å². The van der Waals surface area contributed by atoms with Gasteiger partial charge in [0.15, 0.2) is 11.5 Å². The summed E-state index contributed by atoms with van der Waals surface area (Å²) in [6.07, 6.45) is 4.78. The lowest BCUT2D eigenvalue weighted by molar-refractivity contribution is -0.138. The number of carbonyl (C=O) groups excluding carboxylic acids is 1. The summed E-state index contributed by atoms with van der Waals surface area (Å²) in [7, 11) is 0. The third kappa shape index (κ3) is 5.10. The van der Waals surface area contributed by atoms with Crippen molar-refractivity contribution in [2.45, 2.75) is 6.61 Å². The molecule has 1 aliphatic heterocycles. The monoisotopic (exact) mass is 522 g/mol. The molecule has 0 unspecified atom stereocenters. The highest BCUT2D eigenvalue weighted by Gasteiger charge is 2.17. The van der Waals surface area contributed by atoms with Crippen LogP contribution in [0.4, 0.5) is 0 Å². The number of aromatic hydroxyl groups is 1. The largest absolute Gasteiger partial charge is 0.508 e. The SMILES string of the molecule is O=C(/C=C/c1cn(-c2ccccc2)nc1-c1ccc2c(c1)OCCO2)OCc1cc(=O)oc2cc(O)ccc12. The molecule has 0 fully saturated rings. The topological polar surface area (TPSA) is 113 Å². The van der Waals surface area contributed by atoms with Gasteiger partial charge in [0.05, 0.1) is 5.69 Å². The fourth-order valence-corrected chi connectivity index (χ4v) is 4.33. The molecule has 0 saturated heterocycles. The summed E-state index contributed by atoms with van der Waals surface area (Å²) in [5, 5.41) is 15.0. The van der Waals surface area contributed by atoms with Gasteiger partial charge in [-0.3, -0.25) is 0 Å². The molecule has 3 heterocycles. The van der Waals surface area contributed by atoms with Crippen LogP contribution in [0.5, 0.6) is 17.2 Å². The van der Waals surface area contributed by atoms with Gasteiger partial charge in [-0.05, 0) is 48.5 Å². The number of benzene rings is 3. The second kappa shape index (κ2) is 10.2. The normalized spacial score (nSPS) is 12.6. The zero-order chi connectivity index (χ0) is 26.8. The molecule has 1 aliphatic rings. The van der Waals surface area contributed by atoms with Crippen molar-refractivity contribution in [2.24, 2.45) is 0 Å². The number of carbonyl (C=O) groups is 1. The highest BCUT2D eigenvalue weighted by Crippen LogP contribution is 2.35. The first-order valence-corrected chi connectivity index (χ1v) is 12.2. The molecule has 0 spiro atoms. The first-order chi connectivity index (χ1) is 19.0. The Morgan fingerprint density at radius 1 is 1.00 bits per heavy atom. The lowest BCUT2D eigenvalue weighted by Gasteiger charge is -2.18. The lowest BCUT2D eigenvalue weighted by atomic mass is 10.1. The summed E-state index contributed by atoms with van der Waals surface area (Å²) in [5.41, 5.74) is 3.07. The smallest absolute Gasteiger partial charge is 0.336 e. The number of hydrogen-bond acceptors (Lipinski definition) is 8.